The van der Waals surface area contributed by atoms with Crippen molar-refractivity contribution in [3.05, 3.63) is 74.5 Å². The largest absolute Gasteiger partial charge is 0.481 e. The molecule has 3 atom stereocenters. The smallest absolute Gasteiger partial charge is 0.310 e. The molecule has 0 amide bonds. The summed E-state index contributed by atoms with van der Waals surface area (Å²) >= 11 is 0. The lowest BCUT2D eigenvalue weighted by molar-refractivity contribution is -0.141. The zero-order valence-corrected chi connectivity index (χ0v) is 20.3. The van der Waals surface area contributed by atoms with Crippen LogP contribution in [0.5, 0.6) is 0 Å². The molecule has 0 aromatic carbocycles. The lowest BCUT2D eigenvalue weighted by Crippen LogP contribution is -2.28. The van der Waals surface area contributed by atoms with Gasteiger partial charge in [0.1, 0.15) is 12.2 Å². The van der Waals surface area contributed by atoms with Crippen molar-refractivity contribution in [3.8, 4) is 0 Å². The summed E-state index contributed by atoms with van der Waals surface area (Å²) in [5, 5.41) is 8.86. The molecule has 0 rings (SSSR count). The summed E-state index contributed by atoms with van der Waals surface area (Å²) in [6.07, 6.45) is 15.5. The summed E-state index contributed by atoms with van der Waals surface area (Å²) in [6.45, 7) is 19.7. The van der Waals surface area contributed by atoms with Crippen LogP contribution < -0.4 is 0 Å². The molecule has 0 aliphatic rings. The highest BCUT2D eigenvalue weighted by atomic mass is 16.4. The number of hydrogen-bond donors (Lipinski definition) is 1. The van der Waals surface area contributed by atoms with Gasteiger partial charge in [-0.15, -0.1) is 19.7 Å². The number of carbonyl (C=O) groups excluding carboxylic acids is 2. The highest BCUT2D eigenvalue weighted by Crippen LogP contribution is 2.18. The Balaban J connectivity index is 0. The van der Waals surface area contributed by atoms with Crippen LogP contribution in [0.15, 0.2) is 74.5 Å². The van der Waals surface area contributed by atoms with Crippen LogP contribution in [0.4, 0.5) is 0 Å². The van der Waals surface area contributed by atoms with Crippen LogP contribution in [0, 0.1) is 17.8 Å². The summed E-state index contributed by atoms with van der Waals surface area (Å²) in [6, 6.07) is 0. The van der Waals surface area contributed by atoms with E-state index < -0.39 is 24.1 Å². The minimum Gasteiger partial charge on any atom is -0.481 e. The molecule has 3 unspecified atom stereocenters. The molecule has 0 radical (unpaired) electrons. The Morgan fingerprint density at radius 3 is 2.16 bits per heavy atom. The molecule has 0 saturated heterocycles. The Kier molecular flexibility index (Phi) is 18.3. The van der Waals surface area contributed by atoms with E-state index in [1.54, 1.807) is 12.2 Å². The fourth-order valence-corrected chi connectivity index (χ4v) is 3.10. The van der Waals surface area contributed by atoms with Crippen molar-refractivity contribution in [2.45, 2.75) is 46.5 Å². The van der Waals surface area contributed by atoms with Crippen LogP contribution in [0.2, 0.25) is 0 Å². The molecule has 178 valence electrons. The van der Waals surface area contributed by atoms with Crippen LogP contribution in [-0.2, 0) is 14.4 Å². The van der Waals surface area contributed by atoms with E-state index in [0.717, 1.165) is 18.5 Å². The lowest BCUT2D eigenvalue weighted by Gasteiger charge is -2.26. The molecule has 0 spiro atoms. The van der Waals surface area contributed by atoms with Gasteiger partial charge in [0.15, 0.2) is 5.78 Å². The number of ketones is 2. The first-order chi connectivity index (χ1) is 15.2. The summed E-state index contributed by atoms with van der Waals surface area (Å²) in [5.74, 6) is -2.61. The third-order valence-electron chi connectivity index (χ3n) is 4.95. The molecule has 0 aliphatic heterocycles. The maximum absolute atomic E-state index is 12.2. The molecule has 1 N–H and O–H groups in total. The average molecular weight is 444 g/mol. The van der Waals surface area contributed by atoms with E-state index in [-0.39, 0.29) is 11.7 Å². The van der Waals surface area contributed by atoms with Crippen molar-refractivity contribution in [2.24, 2.45) is 17.8 Å². The molecule has 0 heterocycles. The average Bonchev–Trinajstić information content (AvgIpc) is 2.76. The van der Waals surface area contributed by atoms with Crippen molar-refractivity contribution in [2.75, 3.05) is 13.6 Å². The van der Waals surface area contributed by atoms with Crippen molar-refractivity contribution < 1.29 is 19.5 Å². The van der Waals surface area contributed by atoms with E-state index in [9.17, 15) is 14.4 Å². The quantitative estimate of drug-likeness (QED) is 0.186. The van der Waals surface area contributed by atoms with Crippen molar-refractivity contribution in [1.29, 1.82) is 0 Å². The first-order valence-electron chi connectivity index (χ1n) is 10.9. The number of carboxylic acid groups (broad SMARTS) is 1. The normalized spacial score (nSPS) is 14.2. The van der Waals surface area contributed by atoms with E-state index in [0.29, 0.717) is 18.9 Å². The summed E-state index contributed by atoms with van der Waals surface area (Å²) in [5.41, 5.74) is 0.838. The molecule has 5 nitrogen and oxygen atoms in total. The molecule has 0 fully saturated rings. The summed E-state index contributed by atoms with van der Waals surface area (Å²) in [7, 11) is 1.91. The second-order valence-electron chi connectivity index (χ2n) is 7.37. The minimum atomic E-state index is -1.22. The lowest BCUT2D eigenvalue weighted by atomic mass is 9.95. The van der Waals surface area contributed by atoms with E-state index in [2.05, 4.69) is 51.5 Å². The van der Waals surface area contributed by atoms with E-state index >= 15 is 0 Å². The molecule has 5 heteroatoms. The second-order valence-corrected chi connectivity index (χ2v) is 7.37. The van der Waals surface area contributed by atoms with E-state index in [1.165, 1.54) is 6.92 Å². The van der Waals surface area contributed by atoms with Crippen LogP contribution in [0.3, 0.4) is 0 Å². The Morgan fingerprint density at radius 1 is 1.09 bits per heavy atom. The predicted molar refractivity (Wildman–Crippen MR) is 134 cm³/mol. The third kappa shape index (κ3) is 13.4. The Labute approximate surface area is 194 Å². The molecule has 0 saturated carbocycles. The second kappa shape index (κ2) is 18.8. The topological polar surface area (TPSA) is 74.7 Å². The number of carbonyl (C=O) groups is 3. The van der Waals surface area contributed by atoms with Crippen molar-refractivity contribution in [1.82, 2.24) is 4.90 Å². The zero-order valence-electron chi connectivity index (χ0n) is 20.3. The number of Topliss-reactive ketones (excluding diaryl/α,β-unsaturated/α-hetero) is 2. The van der Waals surface area contributed by atoms with Crippen molar-refractivity contribution in [3.63, 3.8) is 0 Å². The maximum Gasteiger partial charge on any atom is 0.310 e. The first-order valence-corrected chi connectivity index (χ1v) is 10.9. The van der Waals surface area contributed by atoms with Crippen LogP contribution >= 0.6 is 0 Å². The summed E-state index contributed by atoms with van der Waals surface area (Å²) in [4.78, 5) is 36.9. The molecule has 0 aromatic rings. The fraction of sp³-hybridized carbons (Fsp3) is 0.444. The van der Waals surface area contributed by atoms with Gasteiger partial charge in [-0.1, -0.05) is 56.9 Å². The van der Waals surface area contributed by atoms with Gasteiger partial charge in [0.25, 0.3) is 0 Å². The molecule has 0 aliphatic carbocycles. The fourth-order valence-electron chi connectivity index (χ4n) is 3.10. The number of aliphatic carboxylic acids is 1. The van der Waals surface area contributed by atoms with Gasteiger partial charge in [0.05, 0.1) is 5.92 Å². The van der Waals surface area contributed by atoms with Crippen LogP contribution in [0.1, 0.15) is 46.5 Å². The SMILES string of the molecule is C=C.C=C/C=C\C(/C=C/CC(C=C)CN(C)C(=CC(C(C)=O)C(=O)CC(=O)O)CC)CC. The minimum absolute atomic E-state index is 0.201. The van der Waals surface area contributed by atoms with Crippen LogP contribution in [0.25, 0.3) is 0 Å². The standard InChI is InChI=1S/C25H37NO4.C2H4/c1-7-11-13-20(8-2)14-12-15-21(9-3)18-26(6)22(10-4)16-23(19(5)27)24(28)17-25(29)30;1-2/h7,9,11-14,16,20-21,23H,1,3,8,10,15,17-18H2,2,4-6H3,(H,29,30);1-2H2/b13-11-,14-12+,22-16?;. The zero-order chi connectivity index (χ0) is 25.1. The molecular formula is C27H41NO4. The van der Waals surface area contributed by atoms with Gasteiger partial charge in [-0.3, -0.25) is 14.4 Å². The van der Waals surface area contributed by atoms with Crippen molar-refractivity contribution >= 4 is 17.5 Å². The van der Waals surface area contributed by atoms with E-state index in [1.807, 2.05) is 31.0 Å². The third-order valence-corrected chi connectivity index (χ3v) is 4.95. The van der Waals surface area contributed by atoms with Gasteiger partial charge in [-0.25, -0.2) is 0 Å². The molecule has 0 aromatic heterocycles. The Bertz CT molecular complexity index is 702. The van der Waals surface area contributed by atoms with E-state index in [4.69, 9.17) is 5.11 Å². The van der Waals surface area contributed by atoms with Gasteiger partial charge >= 0.3 is 5.97 Å². The van der Waals surface area contributed by atoms with Gasteiger partial charge in [0.2, 0.25) is 0 Å². The highest BCUT2D eigenvalue weighted by Gasteiger charge is 2.24. The molecule has 32 heavy (non-hydrogen) atoms. The summed E-state index contributed by atoms with van der Waals surface area (Å²) < 4.78 is 0. The number of nitrogens with zero attached hydrogens (tertiary/aromatic N) is 1. The van der Waals surface area contributed by atoms with Gasteiger partial charge in [-0.05, 0) is 44.1 Å². The predicted octanol–water partition coefficient (Wildman–Crippen LogP) is 5.78. The van der Waals surface area contributed by atoms with Gasteiger partial charge < -0.3 is 10.0 Å². The Hall–Kier alpha value is -2.95. The number of carboxylic acids is 1. The Morgan fingerprint density at radius 2 is 1.72 bits per heavy atom. The number of allylic oxidation sites excluding steroid dienone is 7. The monoisotopic (exact) mass is 443 g/mol. The number of hydrogen-bond acceptors (Lipinski definition) is 4. The molecule has 0 bridgehead atoms. The first kappa shape index (κ1) is 31.2. The maximum atomic E-state index is 12.2. The molecular weight excluding hydrogens is 402 g/mol. The van der Waals surface area contributed by atoms with Crippen LogP contribution in [-0.4, -0.2) is 41.1 Å². The van der Waals surface area contributed by atoms with Gasteiger partial charge in [0, 0.05) is 19.3 Å². The number of rotatable bonds is 16. The highest BCUT2D eigenvalue weighted by molar-refractivity contribution is 6.08. The van der Waals surface area contributed by atoms with Gasteiger partial charge in [-0.2, -0.15) is 0 Å².